The van der Waals surface area contributed by atoms with Crippen molar-refractivity contribution in [1.29, 1.82) is 0 Å². The Morgan fingerprint density at radius 3 is 2.48 bits per heavy atom. The van der Waals surface area contributed by atoms with Gasteiger partial charge >= 0.3 is 0 Å². The first kappa shape index (κ1) is 19.6. The molecule has 0 saturated carbocycles. The van der Waals surface area contributed by atoms with Crippen LogP contribution in [0, 0.1) is 11.8 Å². The Balaban J connectivity index is 1.56. The van der Waals surface area contributed by atoms with Gasteiger partial charge in [0.1, 0.15) is 0 Å². The average molecular weight is 365 g/mol. The molecule has 1 aliphatic rings. The van der Waals surface area contributed by atoms with E-state index in [0.717, 1.165) is 19.5 Å². The summed E-state index contributed by atoms with van der Waals surface area (Å²) in [7, 11) is 0. The second-order valence-corrected chi connectivity index (χ2v) is 7.89. The summed E-state index contributed by atoms with van der Waals surface area (Å²) in [4.78, 5) is 12.6. The molecule has 144 valence electrons. The van der Waals surface area contributed by atoms with E-state index in [0.29, 0.717) is 30.7 Å². The van der Waals surface area contributed by atoms with E-state index in [2.05, 4.69) is 66.1 Å². The molecular formula is C24H32N2O. The molecule has 1 amide bonds. The number of piperidine rings is 1. The Labute approximate surface area is 163 Å². The lowest BCUT2D eigenvalue weighted by molar-refractivity contribution is -0.122. The van der Waals surface area contributed by atoms with Gasteiger partial charge in [-0.2, -0.15) is 0 Å². The molecular weight excluding hydrogens is 332 g/mol. The maximum absolute atomic E-state index is 12.6. The van der Waals surface area contributed by atoms with Gasteiger partial charge in [-0.05, 0) is 55.3 Å². The van der Waals surface area contributed by atoms with Gasteiger partial charge in [0.15, 0.2) is 0 Å². The summed E-state index contributed by atoms with van der Waals surface area (Å²) in [6, 6.07) is 21.1. The number of rotatable bonds is 8. The Morgan fingerprint density at radius 1 is 1.11 bits per heavy atom. The predicted octanol–water partition coefficient (Wildman–Crippen LogP) is 4.15. The van der Waals surface area contributed by atoms with E-state index >= 15 is 0 Å². The monoisotopic (exact) mass is 364 g/mol. The highest BCUT2D eigenvalue weighted by atomic mass is 16.1. The first-order valence-corrected chi connectivity index (χ1v) is 10.3. The van der Waals surface area contributed by atoms with Gasteiger partial charge in [-0.3, -0.25) is 4.79 Å². The van der Waals surface area contributed by atoms with Gasteiger partial charge < -0.3 is 10.6 Å². The highest BCUT2D eigenvalue weighted by Crippen LogP contribution is 2.23. The zero-order valence-corrected chi connectivity index (χ0v) is 16.4. The zero-order valence-electron chi connectivity index (χ0n) is 16.4. The van der Waals surface area contributed by atoms with Crippen LogP contribution in [0.25, 0.3) is 0 Å². The van der Waals surface area contributed by atoms with E-state index in [1.807, 2.05) is 12.1 Å². The van der Waals surface area contributed by atoms with E-state index < -0.39 is 0 Å². The smallest absolute Gasteiger partial charge is 0.220 e. The number of hydrogen-bond donors (Lipinski definition) is 2. The fourth-order valence-corrected chi connectivity index (χ4v) is 4.06. The zero-order chi connectivity index (χ0) is 18.9. The molecule has 0 radical (unpaired) electrons. The standard InChI is InChI=1S/C24H32N2O/c1-19(22-13-8-14-25-17-22)15-24(27)26-18-23(21-11-6-3-7-12-21)16-20-9-4-2-5-10-20/h2-7,9-12,19,22-23,25H,8,13-18H2,1H3,(H,26,27). The van der Waals surface area contributed by atoms with Crippen molar-refractivity contribution in [3.05, 3.63) is 71.8 Å². The van der Waals surface area contributed by atoms with Crippen molar-refractivity contribution in [3.8, 4) is 0 Å². The largest absolute Gasteiger partial charge is 0.355 e. The maximum Gasteiger partial charge on any atom is 0.220 e. The first-order chi connectivity index (χ1) is 13.2. The third-order valence-electron chi connectivity index (χ3n) is 5.79. The van der Waals surface area contributed by atoms with E-state index in [4.69, 9.17) is 0 Å². The molecule has 2 N–H and O–H groups in total. The maximum atomic E-state index is 12.6. The summed E-state index contributed by atoms with van der Waals surface area (Å²) in [5, 5.41) is 6.67. The van der Waals surface area contributed by atoms with Crippen LogP contribution in [0.2, 0.25) is 0 Å². The SMILES string of the molecule is CC(CC(=O)NCC(Cc1ccccc1)c1ccccc1)C1CCCNC1. The normalized spacial score (nSPS) is 19.2. The van der Waals surface area contributed by atoms with Crippen molar-refractivity contribution in [2.24, 2.45) is 11.8 Å². The molecule has 3 heteroatoms. The summed E-state index contributed by atoms with van der Waals surface area (Å²) in [5.74, 6) is 1.53. The molecule has 3 nitrogen and oxygen atoms in total. The Morgan fingerprint density at radius 2 is 1.81 bits per heavy atom. The number of amides is 1. The highest BCUT2D eigenvalue weighted by molar-refractivity contribution is 5.76. The Hall–Kier alpha value is -2.13. The number of nitrogens with one attached hydrogen (secondary N) is 2. The van der Waals surface area contributed by atoms with Crippen molar-refractivity contribution in [2.75, 3.05) is 19.6 Å². The van der Waals surface area contributed by atoms with Crippen LogP contribution < -0.4 is 10.6 Å². The molecule has 1 heterocycles. The molecule has 2 aromatic rings. The molecule has 3 unspecified atom stereocenters. The highest BCUT2D eigenvalue weighted by Gasteiger charge is 2.22. The number of carbonyl (C=O) groups is 1. The van der Waals surface area contributed by atoms with E-state index in [9.17, 15) is 4.79 Å². The minimum atomic E-state index is 0.182. The van der Waals surface area contributed by atoms with Crippen molar-refractivity contribution in [1.82, 2.24) is 10.6 Å². The van der Waals surface area contributed by atoms with Gasteiger partial charge in [0.2, 0.25) is 5.91 Å². The molecule has 0 aromatic heterocycles. The lowest BCUT2D eigenvalue weighted by Crippen LogP contribution is -2.36. The van der Waals surface area contributed by atoms with Gasteiger partial charge in [0, 0.05) is 18.9 Å². The third kappa shape index (κ3) is 6.21. The molecule has 0 bridgehead atoms. The minimum absolute atomic E-state index is 0.182. The van der Waals surface area contributed by atoms with Gasteiger partial charge in [0.25, 0.3) is 0 Å². The Bertz CT molecular complexity index is 680. The molecule has 27 heavy (non-hydrogen) atoms. The number of benzene rings is 2. The van der Waals surface area contributed by atoms with Gasteiger partial charge in [-0.25, -0.2) is 0 Å². The lowest BCUT2D eigenvalue weighted by Gasteiger charge is -2.28. The van der Waals surface area contributed by atoms with Crippen LogP contribution in [0.15, 0.2) is 60.7 Å². The van der Waals surface area contributed by atoms with Crippen molar-refractivity contribution < 1.29 is 4.79 Å². The minimum Gasteiger partial charge on any atom is -0.355 e. The molecule has 1 fully saturated rings. The van der Waals surface area contributed by atoms with Gasteiger partial charge in [-0.1, -0.05) is 67.6 Å². The summed E-state index contributed by atoms with van der Waals surface area (Å²) in [5.41, 5.74) is 2.59. The van der Waals surface area contributed by atoms with Crippen LogP contribution in [0.5, 0.6) is 0 Å². The Kier molecular flexibility index (Phi) is 7.46. The molecule has 0 aliphatic carbocycles. The molecule has 0 spiro atoms. The van der Waals surface area contributed by atoms with Gasteiger partial charge in [-0.15, -0.1) is 0 Å². The van der Waals surface area contributed by atoms with Crippen molar-refractivity contribution >= 4 is 5.91 Å². The third-order valence-corrected chi connectivity index (χ3v) is 5.79. The van der Waals surface area contributed by atoms with Crippen molar-refractivity contribution in [2.45, 2.75) is 38.5 Å². The number of hydrogen-bond acceptors (Lipinski definition) is 2. The lowest BCUT2D eigenvalue weighted by atomic mass is 9.85. The van der Waals surface area contributed by atoms with Crippen LogP contribution >= 0.6 is 0 Å². The predicted molar refractivity (Wildman–Crippen MR) is 112 cm³/mol. The van der Waals surface area contributed by atoms with Crippen molar-refractivity contribution in [3.63, 3.8) is 0 Å². The first-order valence-electron chi connectivity index (χ1n) is 10.3. The number of carbonyl (C=O) groups excluding carboxylic acids is 1. The molecule has 1 saturated heterocycles. The summed E-state index contributed by atoms with van der Waals surface area (Å²) >= 11 is 0. The average Bonchev–Trinajstić information content (AvgIpc) is 2.73. The molecule has 3 atom stereocenters. The summed E-state index contributed by atoms with van der Waals surface area (Å²) < 4.78 is 0. The van der Waals surface area contributed by atoms with E-state index in [1.165, 1.54) is 24.0 Å². The van der Waals surface area contributed by atoms with Gasteiger partial charge in [0.05, 0.1) is 0 Å². The van der Waals surface area contributed by atoms with Crippen LogP contribution in [-0.2, 0) is 11.2 Å². The fourth-order valence-electron chi connectivity index (χ4n) is 4.06. The second kappa shape index (κ2) is 10.3. The van der Waals surface area contributed by atoms with E-state index in [1.54, 1.807) is 0 Å². The molecule has 3 rings (SSSR count). The van der Waals surface area contributed by atoms with Crippen LogP contribution in [0.1, 0.15) is 43.2 Å². The topological polar surface area (TPSA) is 41.1 Å². The quantitative estimate of drug-likeness (QED) is 0.739. The van der Waals surface area contributed by atoms with Crippen LogP contribution in [0.3, 0.4) is 0 Å². The molecule has 2 aromatic carbocycles. The second-order valence-electron chi connectivity index (χ2n) is 7.89. The molecule has 1 aliphatic heterocycles. The van der Waals surface area contributed by atoms with Crippen LogP contribution in [-0.4, -0.2) is 25.5 Å². The summed E-state index contributed by atoms with van der Waals surface area (Å²) in [6.45, 7) is 5.08. The fraction of sp³-hybridized carbons (Fsp3) is 0.458. The van der Waals surface area contributed by atoms with Crippen LogP contribution in [0.4, 0.5) is 0 Å². The van der Waals surface area contributed by atoms with E-state index in [-0.39, 0.29) is 5.91 Å². The summed E-state index contributed by atoms with van der Waals surface area (Å²) in [6.07, 6.45) is 4.03.